The summed E-state index contributed by atoms with van der Waals surface area (Å²) in [4.78, 5) is 2.38. The van der Waals surface area contributed by atoms with Gasteiger partial charge in [-0.1, -0.05) is 23.4 Å². The van der Waals surface area contributed by atoms with E-state index in [9.17, 15) is 0 Å². The van der Waals surface area contributed by atoms with Crippen molar-refractivity contribution >= 4 is 16.7 Å². The number of nitrogens with two attached hydrogens (primary N) is 1. The normalized spacial score (nSPS) is 16.0. The van der Waals surface area contributed by atoms with Gasteiger partial charge in [-0.05, 0) is 18.9 Å². The standard InChI is InChI=1S/C15H21N5O/c1-19-14-5-3-2-4-12(14)13(17-19)10-20(11-6-7-11)9-8-15(16)18-21/h2-5,11,21H,6-10H2,1H3,(H2,16,18). The van der Waals surface area contributed by atoms with Crippen LogP contribution < -0.4 is 5.73 Å². The number of para-hydroxylation sites is 1. The molecule has 3 N–H and O–H groups in total. The van der Waals surface area contributed by atoms with Crippen LogP contribution in [0.4, 0.5) is 0 Å². The average molecular weight is 287 g/mol. The zero-order chi connectivity index (χ0) is 14.8. The summed E-state index contributed by atoms with van der Waals surface area (Å²) in [7, 11) is 1.98. The lowest BCUT2D eigenvalue weighted by molar-refractivity contribution is 0.257. The number of aromatic nitrogens is 2. The fourth-order valence-corrected chi connectivity index (χ4v) is 2.74. The molecule has 1 fully saturated rings. The van der Waals surface area contributed by atoms with Gasteiger partial charge in [0.1, 0.15) is 5.84 Å². The molecule has 0 amide bonds. The highest BCUT2D eigenvalue weighted by Crippen LogP contribution is 2.29. The molecule has 0 saturated heterocycles. The first-order valence-corrected chi connectivity index (χ1v) is 7.30. The minimum atomic E-state index is 0.284. The monoisotopic (exact) mass is 287 g/mol. The van der Waals surface area contributed by atoms with Crippen LogP contribution in [0, 0.1) is 0 Å². The lowest BCUT2D eigenvalue weighted by Gasteiger charge is -2.20. The number of nitrogens with zero attached hydrogens (tertiary/aromatic N) is 4. The molecule has 0 spiro atoms. The maximum Gasteiger partial charge on any atom is 0.140 e. The highest BCUT2D eigenvalue weighted by atomic mass is 16.4. The molecular formula is C15H21N5O. The van der Waals surface area contributed by atoms with Crippen LogP contribution in [0.25, 0.3) is 10.9 Å². The Labute approximate surface area is 123 Å². The van der Waals surface area contributed by atoms with Crippen molar-refractivity contribution in [3.05, 3.63) is 30.0 Å². The Kier molecular flexibility index (Phi) is 3.79. The van der Waals surface area contributed by atoms with E-state index in [1.165, 1.54) is 18.2 Å². The molecule has 1 aliphatic carbocycles. The molecule has 0 aliphatic heterocycles. The zero-order valence-corrected chi connectivity index (χ0v) is 12.2. The quantitative estimate of drug-likeness (QED) is 0.366. The maximum absolute atomic E-state index is 8.67. The van der Waals surface area contributed by atoms with E-state index in [1.807, 2.05) is 23.9 Å². The Hall–Kier alpha value is -2.08. The molecule has 6 heteroatoms. The average Bonchev–Trinajstić information content (AvgIpc) is 3.30. The molecule has 0 atom stereocenters. The summed E-state index contributed by atoms with van der Waals surface area (Å²) in [6.45, 7) is 1.61. The van der Waals surface area contributed by atoms with Crippen molar-refractivity contribution in [2.24, 2.45) is 17.9 Å². The highest BCUT2D eigenvalue weighted by Gasteiger charge is 2.29. The van der Waals surface area contributed by atoms with Crippen LogP contribution in [0.1, 0.15) is 25.0 Å². The van der Waals surface area contributed by atoms with Gasteiger partial charge in [0.05, 0.1) is 11.2 Å². The molecule has 0 unspecified atom stereocenters. The van der Waals surface area contributed by atoms with Crippen LogP contribution >= 0.6 is 0 Å². The van der Waals surface area contributed by atoms with Gasteiger partial charge in [-0.3, -0.25) is 9.58 Å². The molecule has 21 heavy (non-hydrogen) atoms. The number of hydrogen-bond acceptors (Lipinski definition) is 4. The molecule has 112 valence electrons. The van der Waals surface area contributed by atoms with Crippen molar-refractivity contribution in [3.63, 3.8) is 0 Å². The van der Waals surface area contributed by atoms with Gasteiger partial charge in [0, 0.05) is 38.0 Å². The molecule has 1 heterocycles. The second-order valence-corrected chi connectivity index (χ2v) is 5.63. The fourth-order valence-electron chi connectivity index (χ4n) is 2.74. The number of rotatable bonds is 6. The van der Waals surface area contributed by atoms with E-state index >= 15 is 0 Å². The minimum absolute atomic E-state index is 0.284. The van der Waals surface area contributed by atoms with E-state index in [1.54, 1.807) is 0 Å². The number of fused-ring (bicyclic) bond motifs is 1. The van der Waals surface area contributed by atoms with Crippen molar-refractivity contribution in [1.29, 1.82) is 0 Å². The van der Waals surface area contributed by atoms with E-state index in [4.69, 9.17) is 10.9 Å². The topological polar surface area (TPSA) is 79.7 Å². The van der Waals surface area contributed by atoms with Gasteiger partial charge < -0.3 is 10.9 Å². The van der Waals surface area contributed by atoms with E-state index in [2.05, 4.69) is 27.3 Å². The number of amidine groups is 1. The van der Waals surface area contributed by atoms with Crippen LogP contribution in [0.2, 0.25) is 0 Å². The largest absolute Gasteiger partial charge is 0.409 e. The zero-order valence-electron chi connectivity index (χ0n) is 12.2. The third-order valence-electron chi connectivity index (χ3n) is 4.03. The van der Waals surface area contributed by atoms with Gasteiger partial charge in [-0.2, -0.15) is 5.10 Å². The molecule has 6 nitrogen and oxygen atoms in total. The first-order valence-electron chi connectivity index (χ1n) is 7.30. The number of benzene rings is 1. The Morgan fingerprint density at radius 1 is 1.48 bits per heavy atom. The molecule has 3 rings (SSSR count). The molecule has 2 aromatic rings. The summed E-state index contributed by atoms with van der Waals surface area (Å²) in [6, 6.07) is 8.89. The lowest BCUT2D eigenvalue weighted by Crippen LogP contribution is -2.30. The van der Waals surface area contributed by atoms with Crippen LogP contribution in [0.3, 0.4) is 0 Å². The van der Waals surface area contributed by atoms with Crippen LogP contribution in [0.5, 0.6) is 0 Å². The van der Waals surface area contributed by atoms with Gasteiger partial charge in [0.2, 0.25) is 0 Å². The predicted molar refractivity (Wildman–Crippen MR) is 82.2 cm³/mol. The van der Waals surface area contributed by atoms with Gasteiger partial charge >= 0.3 is 0 Å². The van der Waals surface area contributed by atoms with Crippen LogP contribution in [-0.2, 0) is 13.6 Å². The van der Waals surface area contributed by atoms with Gasteiger partial charge in [0.25, 0.3) is 0 Å². The van der Waals surface area contributed by atoms with Crippen molar-refractivity contribution in [2.45, 2.75) is 31.8 Å². The Balaban J connectivity index is 1.78. The summed E-state index contributed by atoms with van der Waals surface area (Å²) in [5.41, 5.74) is 7.83. The highest BCUT2D eigenvalue weighted by molar-refractivity contribution is 5.82. The molecule has 1 saturated carbocycles. The van der Waals surface area contributed by atoms with E-state index in [-0.39, 0.29) is 5.84 Å². The second-order valence-electron chi connectivity index (χ2n) is 5.63. The molecular weight excluding hydrogens is 266 g/mol. The van der Waals surface area contributed by atoms with Gasteiger partial charge in [-0.25, -0.2) is 0 Å². The first kappa shape index (κ1) is 13.9. The van der Waals surface area contributed by atoms with E-state index in [0.29, 0.717) is 12.5 Å². The second kappa shape index (κ2) is 5.73. The first-order chi connectivity index (χ1) is 10.2. The third kappa shape index (κ3) is 3.00. The summed E-state index contributed by atoms with van der Waals surface area (Å²) >= 11 is 0. The molecule has 0 radical (unpaired) electrons. The summed E-state index contributed by atoms with van der Waals surface area (Å²) in [5.74, 6) is 0.284. The summed E-state index contributed by atoms with van der Waals surface area (Å²) in [6.07, 6.45) is 3.03. The van der Waals surface area contributed by atoms with E-state index < -0.39 is 0 Å². The number of hydrogen-bond donors (Lipinski definition) is 2. The molecule has 1 aromatic carbocycles. The van der Waals surface area contributed by atoms with Crippen LogP contribution in [0.15, 0.2) is 29.4 Å². The maximum atomic E-state index is 8.67. The number of oxime groups is 1. The Morgan fingerprint density at radius 2 is 2.24 bits per heavy atom. The fraction of sp³-hybridized carbons (Fsp3) is 0.467. The predicted octanol–water partition coefficient (Wildman–Crippen LogP) is 1.67. The summed E-state index contributed by atoms with van der Waals surface area (Å²) < 4.78 is 1.93. The lowest BCUT2D eigenvalue weighted by atomic mass is 10.2. The minimum Gasteiger partial charge on any atom is -0.409 e. The van der Waals surface area contributed by atoms with Crippen molar-refractivity contribution < 1.29 is 5.21 Å². The van der Waals surface area contributed by atoms with Gasteiger partial charge in [0.15, 0.2) is 0 Å². The van der Waals surface area contributed by atoms with Crippen molar-refractivity contribution in [3.8, 4) is 0 Å². The van der Waals surface area contributed by atoms with Crippen molar-refractivity contribution in [2.75, 3.05) is 6.54 Å². The smallest absolute Gasteiger partial charge is 0.140 e. The Morgan fingerprint density at radius 3 is 2.95 bits per heavy atom. The molecule has 1 aliphatic rings. The van der Waals surface area contributed by atoms with Gasteiger partial charge in [-0.15, -0.1) is 0 Å². The van der Waals surface area contributed by atoms with Crippen LogP contribution in [-0.4, -0.2) is 38.3 Å². The summed E-state index contributed by atoms with van der Waals surface area (Å²) in [5, 5.41) is 17.6. The Bertz CT molecular complexity index is 659. The van der Waals surface area contributed by atoms with Crippen molar-refractivity contribution in [1.82, 2.24) is 14.7 Å². The number of aryl methyl sites for hydroxylation is 1. The third-order valence-corrected chi connectivity index (χ3v) is 4.03. The SMILES string of the molecule is Cn1nc(CN(CCC(N)=NO)C2CC2)c2ccccc21. The molecule has 0 bridgehead atoms. The van der Waals surface area contributed by atoms with E-state index in [0.717, 1.165) is 24.3 Å². The molecule has 1 aromatic heterocycles.